The van der Waals surface area contributed by atoms with E-state index in [-0.39, 0.29) is 17.3 Å². The Kier molecular flexibility index (Phi) is 4.27. The van der Waals surface area contributed by atoms with Crippen LogP contribution in [0, 0.1) is 0 Å². The lowest BCUT2D eigenvalue weighted by atomic mass is 9.77. The summed E-state index contributed by atoms with van der Waals surface area (Å²) in [5.41, 5.74) is 1.28. The minimum Gasteiger partial charge on any atom is -0.508 e. The van der Waals surface area contributed by atoms with E-state index < -0.39 is 11.6 Å². The highest BCUT2D eigenvalue weighted by Crippen LogP contribution is 2.56. The number of ether oxygens (including phenoxy) is 2. The number of rotatable bonds is 0. The molecule has 2 aliphatic heterocycles. The van der Waals surface area contributed by atoms with Gasteiger partial charge < -0.3 is 24.5 Å². The number of carbonyl (C=O) groups is 2. The molecule has 0 fully saturated rings. The molecule has 146 valence electrons. The predicted molar refractivity (Wildman–Crippen MR) is 104 cm³/mol. The maximum absolute atomic E-state index is 12.5. The zero-order valence-corrected chi connectivity index (χ0v) is 15.8. The Morgan fingerprint density at radius 1 is 0.828 bits per heavy atom. The van der Waals surface area contributed by atoms with E-state index in [9.17, 15) is 19.8 Å². The lowest BCUT2D eigenvalue weighted by Gasteiger charge is -2.36. The second kappa shape index (κ2) is 6.67. The molecular formula is C23H18O6. The van der Waals surface area contributed by atoms with Crippen LogP contribution in [0.1, 0.15) is 40.9 Å². The summed E-state index contributed by atoms with van der Waals surface area (Å²) in [6.07, 6.45) is 0. The fourth-order valence-electron chi connectivity index (χ4n) is 3.65. The first kappa shape index (κ1) is 18.6. The molecule has 0 unspecified atom stereocenters. The number of fused-ring (bicyclic) bond motifs is 6. The Morgan fingerprint density at radius 3 is 1.90 bits per heavy atom. The Labute approximate surface area is 167 Å². The molecule has 0 radical (unpaired) electrons. The van der Waals surface area contributed by atoms with Crippen LogP contribution in [0.4, 0.5) is 0 Å². The Hall–Kier alpha value is -3.80. The van der Waals surface area contributed by atoms with Gasteiger partial charge >= 0.3 is 5.97 Å². The first-order chi connectivity index (χ1) is 13.8. The van der Waals surface area contributed by atoms with E-state index in [1.165, 1.54) is 38.1 Å². The molecule has 0 saturated carbocycles. The van der Waals surface area contributed by atoms with E-state index in [4.69, 9.17) is 9.47 Å². The number of Topliss-reactive ketones (excluding diaryl/α,β-unsaturated/α-hetero) is 1. The van der Waals surface area contributed by atoms with Crippen LogP contribution in [0.15, 0.2) is 60.7 Å². The summed E-state index contributed by atoms with van der Waals surface area (Å²) in [5, 5.41) is 19.7. The van der Waals surface area contributed by atoms with Gasteiger partial charge in [0.2, 0.25) is 0 Å². The molecule has 3 aromatic carbocycles. The van der Waals surface area contributed by atoms with Crippen molar-refractivity contribution in [2.24, 2.45) is 0 Å². The van der Waals surface area contributed by atoms with E-state index in [1.54, 1.807) is 24.3 Å². The number of aromatic hydroxyl groups is 2. The van der Waals surface area contributed by atoms with Gasteiger partial charge in [-0.05, 0) is 44.2 Å². The van der Waals surface area contributed by atoms with Gasteiger partial charge in [0.25, 0.3) is 0 Å². The van der Waals surface area contributed by atoms with Crippen molar-refractivity contribution in [1.82, 2.24) is 0 Å². The third-order valence-corrected chi connectivity index (χ3v) is 4.68. The van der Waals surface area contributed by atoms with Crippen molar-refractivity contribution < 1.29 is 29.3 Å². The fourth-order valence-corrected chi connectivity index (χ4v) is 3.65. The van der Waals surface area contributed by atoms with Crippen molar-refractivity contribution in [1.29, 1.82) is 0 Å². The van der Waals surface area contributed by atoms with E-state index in [0.717, 1.165) is 0 Å². The number of hydrogen-bond acceptors (Lipinski definition) is 6. The number of phenolic OH excluding ortho intramolecular Hbond substituents is 2. The summed E-state index contributed by atoms with van der Waals surface area (Å²) in [6, 6.07) is 16.6. The van der Waals surface area contributed by atoms with Gasteiger partial charge in [0, 0.05) is 28.8 Å². The van der Waals surface area contributed by atoms with E-state index in [0.29, 0.717) is 33.8 Å². The lowest BCUT2D eigenvalue weighted by molar-refractivity contribution is -0.115. The van der Waals surface area contributed by atoms with Gasteiger partial charge in [-0.25, -0.2) is 4.79 Å². The summed E-state index contributed by atoms with van der Waals surface area (Å²) in [5.74, 6) is 0.575. The summed E-state index contributed by atoms with van der Waals surface area (Å²) < 4.78 is 11.8. The topological polar surface area (TPSA) is 93.1 Å². The average Bonchev–Trinajstić information content (AvgIpc) is 2.95. The average molecular weight is 390 g/mol. The standard InChI is InChI=1S/C20H12O5.C3H6O/c21-11-5-7-15-17(9-11)24-18-10-12(22)6-8-16(18)20(15)14-4-2-1-3-13(14)19(23)25-20;1-3(2)4/h1-10,21-22H;1-2H3. The molecule has 2 heterocycles. The first-order valence-electron chi connectivity index (χ1n) is 8.98. The molecular weight excluding hydrogens is 372 g/mol. The van der Waals surface area contributed by atoms with Crippen LogP contribution in [0.2, 0.25) is 0 Å². The van der Waals surface area contributed by atoms with Crippen LogP contribution < -0.4 is 4.74 Å². The monoisotopic (exact) mass is 390 g/mol. The molecule has 0 bridgehead atoms. The maximum atomic E-state index is 12.5. The Balaban J connectivity index is 0.000000472. The van der Waals surface area contributed by atoms with Crippen LogP contribution in [0.25, 0.3) is 0 Å². The van der Waals surface area contributed by atoms with E-state index in [1.807, 2.05) is 12.1 Å². The molecule has 3 aromatic rings. The van der Waals surface area contributed by atoms with Crippen LogP contribution >= 0.6 is 0 Å². The normalized spacial score (nSPS) is 14.5. The molecule has 0 saturated heterocycles. The van der Waals surface area contributed by atoms with E-state index in [2.05, 4.69) is 0 Å². The molecule has 2 aliphatic rings. The largest absolute Gasteiger partial charge is 0.508 e. The van der Waals surface area contributed by atoms with Gasteiger partial charge in [-0.3, -0.25) is 0 Å². The van der Waals surface area contributed by atoms with Crippen LogP contribution in [-0.4, -0.2) is 22.0 Å². The predicted octanol–water partition coefficient (Wildman–Crippen LogP) is 4.26. The molecule has 0 amide bonds. The van der Waals surface area contributed by atoms with E-state index >= 15 is 0 Å². The third kappa shape index (κ3) is 2.89. The van der Waals surface area contributed by atoms with Gasteiger partial charge in [-0.1, -0.05) is 18.2 Å². The molecule has 1 spiro atoms. The van der Waals surface area contributed by atoms with Gasteiger partial charge in [0.05, 0.1) is 5.56 Å². The van der Waals surface area contributed by atoms with Crippen LogP contribution in [0.3, 0.4) is 0 Å². The number of hydrogen-bond donors (Lipinski definition) is 2. The van der Waals surface area contributed by atoms with Crippen molar-refractivity contribution in [2.45, 2.75) is 19.4 Å². The SMILES string of the molecule is CC(C)=O.O=C1OC2(c3ccc(O)cc3Oc3cc(O)ccc32)c2ccccc21. The van der Waals surface area contributed by atoms with Crippen molar-refractivity contribution in [3.8, 4) is 23.0 Å². The van der Waals surface area contributed by atoms with Gasteiger partial charge in [-0.2, -0.15) is 0 Å². The molecule has 29 heavy (non-hydrogen) atoms. The zero-order chi connectivity index (χ0) is 20.8. The minimum atomic E-state index is -1.17. The van der Waals surface area contributed by atoms with Crippen molar-refractivity contribution in [3.05, 3.63) is 82.9 Å². The number of esters is 1. The second-order valence-corrected chi connectivity index (χ2v) is 6.99. The number of carbonyl (C=O) groups excluding carboxylic acids is 2. The first-order valence-corrected chi connectivity index (χ1v) is 8.98. The summed E-state index contributed by atoms with van der Waals surface area (Å²) in [6.45, 7) is 3.06. The second-order valence-electron chi connectivity index (χ2n) is 6.99. The van der Waals surface area contributed by atoms with Gasteiger partial charge in [-0.15, -0.1) is 0 Å². The number of benzene rings is 3. The zero-order valence-electron chi connectivity index (χ0n) is 15.8. The van der Waals surface area contributed by atoms with Gasteiger partial charge in [0.1, 0.15) is 28.8 Å². The highest BCUT2D eigenvalue weighted by Gasteiger charge is 2.53. The Bertz CT molecular complexity index is 1090. The number of ketones is 1. The van der Waals surface area contributed by atoms with Crippen LogP contribution in [0.5, 0.6) is 23.0 Å². The van der Waals surface area contributed by atoms with Crippen molar-refractivity contribution in [3.63, 3.8) is 0 Å². The molecule has 2 N–H and O–H groups in total. The van der Waals surface area contributed by atoms with Crippen LogP contribution in [-0.2, 0) is 15.1 Å². The summed E-state index contributed by atoms with van der Waals surface area (Å²) in [4.78, 5) is 22.0. The highest BCUT2D eigenvalue weighted by atomic mass is 16.6. The van der Waals surface area contributed by atoms with Crippen molar-refractivity contribution >= 4 is 11.8 Å². The summed E-state index contributed by atoms with van der Waals surface area (Å²) in [7, 11) is 0. The smallest absolute Gasteiger partial charge is 0.340 e. The molecule has 6 heteroatoms. The maximum Gasteiger partial charge on any atom is 0.340 e. The van der Waals surface area contributed by atoms with Crippen molar-refractivity contribution in [2.75, 3.05) is 0 Å². The molecule has 6 nitrogen and oxygen atoms in total. The van der Waals surface area contributed by atoms with Gasteiger partial charge in [0.15, 0.2) is 5.60 Å². The molecule has 0 aliphatic carbocycles. The molecule has 0 atom stereocenters. The fraction of sp³-hybridized carbons (Fsp3) is 0.130. The molecule has 0 aromatic heterocycles. The third-order valence-electron chi connectivity index (χ3n) is 4.68. The Morgan fingerprint density at radius 2 is 1.34 bits per heavy atom. The number of phenols is 2. The molecule has 5 rings (SSSR count). The highest BCUT2D eigenvalue weighted by molar-refractivity contribution is 5.97. The quantitative estimate of drug-likeness (QED) is 0.557. The summed E-state index contributed by atoms with van der Waals surface area (Å²) >= 11 is 0. The minimum absolute atomic E-state index is 0.0371. The lowest BCUT2D eigenvalue weighted by Crippen LogP contribution is -2.32.